The summed E-state index contributed by atoms with van der Waals surface area (Å²) in [6.45, 7) is 5.58. The van der Waals surface area contributed by atoms with E-state index in [0.717, 1.165) is 43.9 Å². The van der Waals surface area contributed by atoms with Crippen LogP contribution in [0.4, 0.5) is 11.4 Å². The highest BCUT2D eigenvalue weighted by Crippen LogP contribution is 2.22. The average Bonchev–Trinajstić information content (AvgIpc) is 2.54. The first-order valence-corrected chi connectivity index (χ1v) is 9.87. The fraction of sp³-hybridized carbons (Fsp3) is 0.562. The lowest BCUT2D eigenvalue weighted by molar-refractivity contribution is -0.118. The van der Waals surface area contributed by atoms with Gasteiger partial charge in [-0.1, -0.05) is 0 Å². The van der Waals surface area contributed by atoms with Gasteiger partial charge < -0.3 is 14.5 Å². The van der Waals surface area contributed by atoms with E-state index in [9.17, 15) is 13.2 Å². The Morgan fingerprint density at radius 1 is 1.22 bits per heavy atom. The van der Waals surface area contributed by atoms with Gasteiger partial charge in [0.25, 0.3) is 0 Å². The van der Waals surface area contributed by atoms with Gasteiger partial charge in [0.1, 0.15) is 9.84 Å². The minimum atomic E-state index is -3.13. The molecule has 0 radical (unpaired) electrons. The van der Waals surface area contributed by atoms with Crippen LogP contribution in [0.1, 0.15) is 13.3 Å². The van der Waals surface area contributed by atoms with Crippen molar-refractivity contribution >= 4 is 27.1 Å². The summed E-state index contributed by atoms with van der Waals surface area (Å²) in [5.74, 6) is -0.286. The molecule has 0 unspecified atom stereocenters. The van der Waals surface area contributed by atoms with Crippen LogP contribution in [0, 0.1) is 0 Å². The topological polar surface area (TPSA) is 66.9 Å². The smallest absolute Gasteiger partial charge is 0.227 e. The Labute approximate surface area is 137 Å². The summed E-state index contributed by atoms with van der Waals surface area (Å²) < 4.78 is 27.8. The molecule has 1 amide bonds. The summed E-state index contributed by atoms with van der Waals surface area (Å²) >= 11 is 0. The lowest BCUT2D eigenvalue weighted by Gasteiger charge is -2.29. The molecule has 1 aromatic rings. The summed E-state index contributed by atoms with van der Waals surface area (Å²) in [4.78, 5) is 16.1. The van der Waals surface area contributed by atoms with E-state index in [2.05, 4.69) is 4.90 Å². The monoisotopic (exact) mass is 340 g/mol. The average molecular weight is 340 g/mol. The second-order valence-corrected chi connectivity index (χ2v) is 7.89. The van der Waals surface area contributed by atoms with Gasteiger partial charge in [0.2, 0.25) is 5.91 Å². The number of nitrogens with zero attached hydrogens (tertiary/aromatic N) is 2. The molecule has 6 nitrogen and oxygen atoms in total. The molecule has 0 spiro atoms. The van der Waals surface area contributed by atoms with E-state index < -0.39 is 9.84 Å². The van der Waals surface area contributed by atoms with Crippen LogP contribution in [0.5, 0.6) is 0 Å². The lowest BCUT2D eigenvalue weighted by Crippen LogP contribution is -2.36. The predicted molar refractivity (Wildman–Crippen MR) is 91.8 cm³/mol. The van der Waals surface area contributed by atoms with Gasteiger partial charge in [0.15, 0.2) is 0 Å². The molecule has 0 bridgehead atoms. The molecule has 1 aliphatic heterocycles. The number of sulfone groups is 1. The first kappa shape index (κ1) is 17.7. The summed E-state index contributed by atoms with van der Waals surface area (Å²) in [5, 5.41) is 0. The number of carbonyl (C=O) groups is 1. The lowest BCUT2D eigenvalue weighted by atomic mass is 10.2. The van der Waals surface area contributed by atoms with Crippen molar-refractivity contribution in [2.75, 3.05) is 54.7 Å². The van der Waals surface area contributed by atoms with Gasteiger partial charge >= 0.3 is 0 Å². The Kier molecular flexibility index (Phi) is 6.01. The van der Waals surface area contributed by atoms with Crippen LogP contribution in [-0.2, 0) is 19.4 Å². The SMILES string of the molecule is CCN(C(=O)CCS(C)(=O)=O)c1ccc(N2CCOCC2)cc1. The molecule has 0 atom stereocenters. The number of hydrogen-bond donors (Lipinski definition) is 0. The number of ether oxygens (including phenoxy) is 1. The van der Waals surface area contributed by atoms with Crippen molar-refractivity contribution in [2.24, 2.45) is 0 Å². The molecule has 0 N–H and O–H groups in total. The molecule has 1 aliphatic rings. The number of benzene rings is 1. The van der Waals surface area contributed by atoms with E-state index in [1.54, 1.807) is 4.90 Å². The van der Waals surface area contributed by atoms with Gasteiger partial charge in [-0.3, -0.25) is 4.79 Å². The summed E-state index contributed by atoms with van der Waals surface area (Å²) in [6.07, 6.45) is 1.16. The Morgan fingerprint density at radius 2 is 1.83 bits per heavy atom. The van der Waals surface area contributed by atoms with E-state index >= 15 is 0 Å². The molecule has 0 aliphatic carbocycles. The third kappa shape index (κ3) is 5.21. The van der Waals surface area contributed by atoms with E-state index in [-0.39, 0.29) is 18.1 Å². The molecule has 0 aromatic heterocycles. The van der Waals surface area contributed by atoms with E-state index in [4.69, 9.17) is 4.74 Å². The normalized spacial score (nSPS) is 15.5. The zero-order chi connectivity index (χ0) is 16.9. The highest BCUT2D eigenvalue weighted by atomic mass is 32.2. The second-order valence-electron chi connectivity index (χ2n) is 5.63. The molecule has 1 saturated heterocycles. The quantitative estimate of drug-likeness (QED) is 0.781. The molecule has 1 fully saturated rings. The number of carbonyl (C=O) groups excluding carboxylic acids is 1. The van der Waals surface area contributed by atoms with Gasteiger partial charge in [-0.15, -0.1) is 0 Å². The Bertz CT molecular complexity index is 622. The van der Waals surface area contributed by atoms with Crippen LogP contribution in [-0.4, -0.2) is 59.2 Å². The minimum absolute atomic E-state index is 0.0118. The molecule has 1 aromatic carbocycles. The van der Waals surface area contributed by atoms with E-state index in [1.165, 1.54) is 0 Å². The number of rotatable bonds is 6. The molecule has 7 heteroatoms. The number of morpholine rings is 1. The summed E-state index contributed by atoms with van der Waals surface area (Å²) in [6, 6.07) is 7.81. The fourth-order valence-electron chi connectivity index (χ4n) is 2.58. The van der Waals surface area contributed by atoms with Gasteiger partial charge in [-0.2, -0.15) is 0 Å². The fourth-order valence-corrected chi connectivity index (χ4v) is 3.12. The number of hydrogen-bond acceptors (Lipinski definition) is 5. The van der Waals surface area contributed by atoms with Crippen LogP contribution in [0.3, 0.4) is 0 Å². The summed E-state index contributed by atoms with van der Waals surface area (Å²) in [5.41, 5.74) is 1.90. The highest BCUT2D eigenvalue weighted by Gasteiger charge is 2.17. The van der Waals surface area contributed by atoms with Crippen molar-refractivity contribution in [2.45, 2.75) is 13.3 Å². The molecule has 0 saturated carbocycles. The molecule has 2 rings (SSSR count). The van der Waals surface area contributed by atoms with Crippen molar-refractivity contribution in [3.63, 3.8) is 0 Å². The number of amides is 1. The maximum atomic E-state index is 12.2. The van der Waals surface area contributed by atoms with Crippen LogP contribution < -0.4 is 9.80 Å². The van der Waals surface area contributed by atoms with E-state index in [1.807, 2.05) is 31.2 Å². The third-order valence-corrected chi connectivity index (χ3v) is 4.79. The van der Waals surface area contributed by atoms with Crippen LogP contribution >= 0.6 is 0 Å². The van der Waals surface area contributed by atoms with Crippen LogP contribution in [0.15, 0.2) is 24.3 Å². The Balaban J connectivity index is 2.04. The zero-order valence-electron chi connectivity index (χ0n) is 13.7. The van der Waals surface area contributed by atoms with Crippen LogP contribution in [0.25, 0.3) is 0 Å². The Hall–Kier alpha value is -1.60. The maximum absolute atomic E-state index is 12.2. The molecule has 1 heterocycles. The standard InChI is InChI=1S/C16H24N2O4S/c1-3-18(16(19)8-13-23(2,20)21)15-6-4-14(5-7-15)17-9-11-22-12-10-17/h4-7H,3,8-13H2,1-2H3. The van der Waals surface area contributed by atoms with Crippen molar-refractivity contribution in [1.29, 1.82) is 0 Å². The third-order valence-electron chi connectivity index (χ3n) is 3.84. The highest BCUT2D eigenvalue weighted by molar-refractivity contribution is 7.90. The largest absolute Gasteiger partial charge is 0.378 e. The molecular formula is C16H24N2O4S. The maximum Gasteiger partial charge on any atom is 0.227 e. The van der Waals surface area contributed by atoms with Crippen LogP contribution in [0.2, 0.25) is 0 Å². The van der Waals surface area contributed by atoms with Gasteiger partial charge in [0.05, 0.1) is 19.0 Å². The van der Waals surface area contributed by atoms with Gasteiger partial charge in [-0.05, 0) is 31.2 Å². The number of anilines is 2. The molecule has 23 heavy (non-hydrogen) atoms. The zero-order valence-corrected chi connectivity index (χ0v) is 14.5. The minimum Gasteiger partial charge on any atom is -0.378 e. The summed E-state index contributed by atoms with van der Waals surface area (Å²) in [7, 11) is -3.13. The van der Waals surface area contributed by atoms with Gasteiger partial charge in [0, 0.05) is 43.7 Å². The van der Waals surface area contributed by atoms with E-state index in [0.29, 0.717) is 6.54 Å². The van der Waals surface area contributed by atoms with Crippen molar-refractivity contribution < 1.29 is 17.9 Å². The van der Waals surface area contributed by atoms with Gasteiger partial charge in [-0.25, -0.2) is 8.42 Å². The van der Waals surface area contributed by atoms with Crippen molar-refractivity contribution in [3.8, 4) is 0 Å². The molecular weight excluding hydrogens is 316 g/mol. The predicted octanol–water partition coefficient (Wildman–Crippen LogP) is 1.31. The van der Waals surface area contributed by atoms with Crippen molar-refractivity contribution in [3.05, 3.63) is 24.3 Å². The molecule has 128 valence electrons. The Morgan fingerprint density at radius 3 is 2.35 bits per heavy atom. The first-order valence-electron chi connectivity index (χ1n) is 7.81. The van der Waals surface area contributed by atoms with Crippen molar-refractivity contribution in [1.82, 2.24) is 0 Å². The first-order chi connectivity index (χ1) is 10.9. The second kappa shape index (κ2) is 7.79.